The Bertz CT molecular complexity index is 570. The second kappa shape index (κ2) is 5.93. The van der Waals surface area contributed by atoms with Gasteiger partial charge in [0.05, 0.1) is 11.3 Å². The van der Waals surface area contributed by atoms with E-state index in [2.05, 4.69) is 4.72 Å². The van der Waals surface area contributed by atoms with Gasteiger partial charge in [-0.1, -0.05) is 32.9 Å². The average Bonchev–Trinajstić information content (AvgIpc) is 2.26. The smallest absolute Gasteiger partial charge is 0.304 e. The first-order valence-corrected chi connectivity index (χ1v) is 7.85. The summed E-state index contributed by atoms with van der Waals surface area (Å²) >= 11 is 0. The van der Waals surface area contributed by atoms with Crippen molar-refractivity contribution in [2.45, 2.75) is 50.5 Å². The van der Waals surface area contributed by atoms with Gasteiger partial charge in [0.2, 0.25) is 10.0 Å². The van der Waals surface area contributed by atoms with Gasteiger partial charge in [-0.05, 0) is 30.0 Å². The summed E-state index contributed by atoms with van der Waals surface area (Å²) in [6.07, 6.45) is -0.251. The summed E-state index contributed by atoms with van der Waals surface area (Å²) in [5.74, 6) is -1.04. The molecule has 5 nitrogen and oxygen atoms in total. The van der Waals surface area contributed by atoms with Gasteiger partial charge in [-0.15, -0.1) is 0 Å². The van der Waals surface area contributed by atoms with E-state index in [0.29, 0.717) is 0 Å². The highest BCUT2D eigenvalue weighted by Gasteiger charge is 2.20. The number of benzene rings is 1. The fraction of sp³-hybridized carbons (Fsp3) is 0.500. The van der Waals surface area contributed by atoms with E-state index >= 15 is 0 Å². The molecule has 1 aromatic carbocycles. The van der Waals surface area contributed by atoms with Crippen LogP contribution in [0.2, 0.25) is 0 Å². The molecule has 112 valence electrons. The number of carboxylic acids is 1. The molecule has 1 rings (SSSR count). The Morgan fingerprint density at radius 3 is 2.15 bits per heavy atom. The number of hydrogen-bond acceptors (Lipinski definition) is 3. The van der Waals surface area contributed by atoms with Crippen LogP contribution in [0.4, 0.5) is 0 Å². The minimum Gasteiger partial charge on any atom is -0.481 e. The zero-order valence-electron chi connectivity index (χ0n) is 12.2. The predicted octanol–water partition coefficient (Wildman–Crippen LogP) is 2.13. The van der Waals surface area contributed by atoms with E-state index in [1.807, 2.05) is 20.8 Å². The lowest BCUT2D eigenvalue weighted by molar-refractivity contribution is -0.137. The van der Waals surface area contributed by atoms with Crippen molar-refractivity contribution in [1.82, 2.24) is 4.72 Å². The molecule has 0 aromatic heterocycles. The molecule has 0 fully saturated rings. The molecule has 0 saturated heterocycles. The monoisotopic (exact) mass is 299 g/mol. The first-order chi connectivity index (χ1) is 9.02. The summed E-state index contributed by atoms with van der Waals surface area (Å²) < 4.78 is 26.5. The second-order valence-electron chi connectivity index (χ2n) is 5.89. The minimum absolute atomic E-state index is 0.0493. The van der Waals surface area contributed by atoms with Crippen LogP contribution in [0.15, 0.2) is 29.2 Å². The molecule has 1 aromatic rings. The highest BCUT2D eigenvalue weighted by molar-refractivity contribution is 7.89. The van der Waals surface area contributed by atoms with Crippen LogP contribution in [0.5, 0.6) is 0 Å². The molecule has 20 heavy (non-hydrogen) atoms. The zero-order valence-corrected chi connectivity index (χ0v) is 13.0. The molecule has 0 amide bonds. The maximum Gasteiger partial charge on any atom is 0.304 e. The Balaban J connectivity index is 2.91. The molecular formula is C14H21NO4S. The van der Waals surface area contributed by atoms with Crippen molar-refractivity contribution in [2.24, 2.45) is 0 Å². The fourth-order valence-electron chi connectivity index (χ4n) is 1.77. The van der Waals surface area contributed by atoms with Crippen molar-refractivity contribution in [3.05, 3.63) is 29.8 Å². The van der Waals surface area contributed by atoms with Gasteiger partial charge >= 0.3 is 5.97 Å². The number of aliphatic carboxylic acids is 1. The molecule has 0 aliphatic carbocycles. The summed E-state index contributed by atoms with van der Waals surface area (Å²) in [7, 11) is -3.68. The molecule has 2 N–H and O–H groups in total. The quantitative estimate of drug-likeness (QED) is 0.872. The largest absolute Gasteiger partial charge is 0.481 e. The van der Waals surface area contributed by atoms with E-state index in [0.717, 1.165) is 5.56 Å². The maximum absolute atomic E-state index is 12.1. The van der Waals surface area contributed by atoms with Gasteiger partial charge in [0.1, 0.15) is 0 Å². The molecule has 1 atom stereocenters. The summed E-state index contributed by atoms with van der Waals surface area (Å²) in [6, 6.07) is 5.97. The van der Waals surface area contributed by atoms with Crippen LogP contribution in [-0.2, 0) is 20.2 Å². The summed E-state index contributed by atoms with van der Waals surface area (Å²) in [6.45, 7) is 7.66. The van der Waals surface area contributed by atoms with E-state index in [4.69, 9.17) is 5.11 Å². The molecule has 0 saturated carbocycles. The molecule has 0 radical (unpaired) electrons. The standard InChI is InChI=1S/C14H21NO4S/c1-10(9-13(16)17)15-20(18,19)12-7-5-11(6-8-12)14(2,3)4/h5-8,10,15H,9H2,1-4H3,(H,16,17)/t10-/m0/s1. The van der Waals surface area contributed by atoms with Gasteiger partial charge in [-0.2, -0.15) is 0 Å². The Morgan fingerprint density at radius 2 is 1.75 bits per heavy atom. The first kappa shape index (κ1) is 16.7. The summed E-state index contributed by atoms with van der Waals surface area (Å²) in [4.78, 5) is 10.7. The first-order valence-electron chi connectivity index (χ1n) is 6.37. The van der Waals surface area contributed by atoms with Crippen molar-refractivity contribution in [3.63, 3.8) is 0 Å². The lowest BCUT2D eigenvalue weighted by atomic mass is 9.87. The Labute approximate surface area is 120 Å². The molecule has 0 unspecified atom stereocenters. The normalized spacial score (nSPS) is 14.0. The SMILES string of the molecule is C[C@@H](CC(=O)O)NS(=O)(=O)c1ccc(C(C)(C)C)cc1. The Morgan fingerprint density at radius 1 is 1.25 bits per heavy atom. The van der Waals surface area contributed by atoms with Gasteiger partial charge in [0, 0.05) is 6.04 Å². The third-order valence-corrected chi connectivity index (χ3v) is 4.47. The Kier molecular flexibility index (Phi) is 4.94. The Hall–Kier alpha value is -1.40. The van der Waals surface area contributed by atoms with E-state index in [9.17, 15) is 13.2 Å². The van der Waals surface area contributed by atoms with Crippen LogP contribution in [0.1, 0.15) is 39.7 Å². The highest BCUT2D eigenvalue weighted by atomic mass is 32.2. The highest BCUT2D eigenvalue weighted by Crippen LogP contribution is 2.23. The molecule has 0 heterocycles. The number of hydrogen-bond donors (Lipinski definition) is 2. The molecule has 0 aliphatic heterocycles. The lowest BCUT2D eigenvalue weighted by Crippen LogP contribution is -2.34. The number of carbonyl (C=O) groups is 1. The van der Waals surface area contributed by atoms with Crippen LogP contribution in [0.25, 0.3) is 0 Å². The third-order valence-electron chi connectivity index (χ3n) is 2.87. The zero-order chi connectivity index (χ0) is 15.6. The molecule has 0 spiro atoms. The van der Waals surface area contributed by atoms with E-state index < -0.39 is 22.0 Å². The number of carboxylic acid groups (broad SMARTS) is 1. The van der Waals surface area contributed by atoms with Crippen LogP contribution < -0.4 is 4.72 Å². The van der Waals surface area contributed by atoms with Crippen molar-refractivity contribution in [2.75, 3.05) is 0 Å². The number of rotatable bonds is 5. The van der Waals surface area contributed by atoms with Crippen molar-refractivity contribution < 1.29 is 18.3 Å². The van der Waals surface area contributed by atoms with Crippen LogP contribution in [-0.4, -0.2) is 25.5 Å². The lowest BCUT2D eigenvalue weighted by Gasteiger charge is -2.19. The fourth-order valence-corrected chi connectivity index (χ4v) is 3.01. The number of sulfonamides is 1. The minimum atomic E-state index is -3.68. The molecule has 6 heteroatoms. The van der Waals surface area contributed by atoms with E-state index in [1.54, 1.807) is 12.1 Å². The summed E-state index contributed by atoms with van der Waals surface area (Å²) in [5, 5.41) is 8.64. The van der Waals surface area contributed by atoms with E-state index in [1.165, 1.54) is 19.1 Å². The average molecular weight is 299 g/mol. The molecular weight excluding hydrogens is 278 g/mol. The van der Waals surface area contributed by atoms with Crippen LogP contribution >= 0.6 is 0 Å². The topological polar surface area (TPSA) is 83.5 Å². The van der Waals surface area contributed by atoms with Gasteiger partial charge < -0.3 is 5.11 Å². The van der Waals surface area contributed by atoms with E-state index in [-0.39, 0.29) is 16.7 Å². The van der Waals surface area contributed by atoms with Crippen LogP contribution in [0, 0.1) is 0 Å². The summed E-state index contributed by atoms with van der Waals surface area (Å²) in [5.41, 5.74) is 0.988. The van der Waals surface area contributed by atoms with Gasteiger partial charge in [-0.3, -0.25) is 4.79 Å². The molecule has 0 bridgehead atoms. The van der Waals surface area contributed by atoms with Gasteiger partial charge in [0.15, 0.2) is 0 Å². The van der Waals surface area contributed by atoms with Crippen molar-refractivity contribution in [1.29, 1.82) is 0 Å². The second-order valence-corrected chi connectivity index (χ2v) is 7.61. The maximum atomic E-state index is 12.1. The van der Waals surface area contributed by atoms with Crippen molar-refractivity contribution in [3.8, 4) is 0 Å². The van der Waals surface area contributed by atoms with Crippen LogP contribution in [0.3, 0.4) is 0 Å². The predicted molar refractivity (Wildman–Crippen MR) is 77.2 cm³/mol. The van der Waals surface area contributed by atoms with Crippen molar-refractivity contribution >= 4 is 16.0 Å². The third kappa shape index (κ3) is 4.61. The number of nitrogens with one attached hydrogen (secondary N) is 1. The van der Waals surface area contributed by atoms with Gasteiger partial charge in [0.25, 0.3) is 0 Å². The molecule has 0 aliphatic rings. The van der Waals surface area contributed by atoms with Gasteiger partial charge in [-0.25, -0.2) is 13.1 Å².